The van der Waals surface area contributed by atoms with Crippen LogP contribution in [-0.4, -0.2) is 0 Å². The predicted molar refractivity (Wildman–Crippen MR) is 84.8 cm³/mol. The van der Waals surface area contributed by atoms with Gasteiger partial charge in [0.1, 0.15) is 5.82 Å². The zero-order chi connectivity index (χ0) is 15.2. The molecule has 21 heavy (non-hydrogen) atoms. The number of aryl methyl sites for hydroxylation is 1. The summed E-state index contributed by atoms with van der Waals surface area (Å²) in [5.41, 5.74) is 3.72. The average molecular weight is 277 g/mol. The summed E-state index contributed by atoms with van der Waals surface area (Å²) in [7, 11) is 0. The molecule has 0 aliphatic rings. The van der Waals surface area contributed by atoms with Crippen molar-refractivity contribution in [2.75, 3.05) is 0 Å². The van der Waals surface area contributed by atoms with E-state index in [9.17, 15) is 4.39 Å². The number of rotatable bonds is 3. The van der Waals surface area contributed by atoms with Crippen LogP contribution in [0.4, 0.5) is 4.39 Å². The molecule has 0 fully saturated rings. The van der Waals surface area contributed by atoms with Gasteiger partial charge in [0.05, 0.1) is 6.07 Å². The maximum Gasteiger partial charge on any atom is 0.131 e. The van der Waals surface area contributed by atoms with E-state index >= 15 is 0 Å². The van der Waals surface area contributed by atoms with E-state index in [0.29, 0.717) is 11.1 Å². The summed E-state index contributed by atoms with van der Waals surface area (Å²) in [4.78, 5) is 0. The van der Waals surface area contributed by atoms with E-state index in [1.807, 2.05) is 62.4 Å². The van der Waals surface area contributed by atoms with Crippen LogP contribution >= 0.6 is 0 Å². The Bertz CT molecular complexity index is 714. The van der Waals surface area contributed by atoms with Gasteiger partial charge in [0.2, 0.25) is 0 Å². The fourth-order valence-electron chi connectivity index (χ4n) is 2.42. The molecule has 2 aromatic rings. The van der Waals surface area contributed by atoms with Crippen LogP contribution in [0.3, 0.4) is 0 Å². The number of halogens is 1. The van der Waals surface area contributed by atoms with Gasteiger partial charge in [0.15, 0.2) is 0 Å². The van der Waals surface area contributed by atoms with Crippen molar-refractivity contribution in [1.29, 1.82) is 5.26 Å². The van der Waals surface area contributed by atoms with E-state index in [4.69, 9.17) is 5.26 Å². The molecular weight excluding hydrogens is 261 g/mol. The van der Waals surface area contributed by atoms with Crippen LogP contribution in [-0.2, 0) is 0 Å². The standard InChI is InChI=1S/C19H16FN/c1-3-16(15-9-5-4-6-10-15)17(12-13-21)19-14(2)8-7-11-18(19)20/h3-12H,1-2H3/b16-3+,17-12-. The summed E-state index contributed by atoms with van der Waals surface area (Å²) in [6.07, 6.45) is 3.32. The lowest BCUT2D eigenvalue weighted by Crippen LogP contribution is -1.97. The van der Waals surface area contributed by atoms with Gasteiger partial charge in [-0.15, -0.1) is 0 Å². The fourth-order valence-corrected chi connectivity index (χ4v) is 2.42. The third-order valence-electron chi connectivity index (χ3n) is 3.36. The Morgan fingerprint density at radius 3 is 2.33 bits per heavy atom. The Hall–Kier alpha value is -2.66. The number of benzene rings is 2. The van der Waals surface area contributed by atoms with Crippen LogP contribution in [0, 0.1) is 24.1 Å². The monoisotopic (exact) mass is 277 g/mol. The molecule has 0 atom stereocenters. The molecule has 0 spiro atoms. The lowest BCUT2D eigenvalue weighted by atomic mass is 9.89. The van der Waals surface area contributed by atoms with Crippen LogP contribution < -0.4 is 0 Å². The number of allylic oxidation sites excluding steroid dienone is 4. The summed E-state index contributed by atoms with van der Waals surface area (Å²) < 4.78 is 14.3. The first-order valence-corrected chi connectivity index (χ1v) is 6.76. The molecule has 2 rings (SSSR count). The van der Waals surface area contributed by atoms with Gasteiger partial charge >= 0.3 is 0 Å². The molecule has 0 aliphatic heterocycles. The zero-order valence-electron chi connectivity index (χ0n) is 12.1. The van der Waals surface area contributed by atoms with E-state index in [0.717, 1.165) is 16.7 Å². The largest absolute Gasteiger partial charge is 0.206 e. The maximum atomic E-state index is 14.3. The Morgan fingerprint density at radius 1 is 1.05 bits per heavy atom. The minimum atomic E-state index is -0.313. The predicted octanol–water partition coefficient (Wildman–Crippen LogP) is 5.14. The molecule has 0 aromatic heterocycles. The minimum absolute atomic E-state index is 0.313. The highest BCUT2D eigenvalue weighted by molar-refractivity contribution is 6.06. The van der Waals surface area contributed by atoms with Gasteiger partial charge in [-0.3, -0.25) is 0 Å². The number of hydrogen-bond donors (Lipinski definition) is 0. The number of nitrogens with zero attached hydrogens (tertiary/aromatic N) is 1. The van der Waals surface area contributed by atoms with E-state index in [-0.39, 0.29) is 5.82 Å². The molecule has 0 amide bonds. The van der Waals surface area contributed by atoms with Crippen molar-refractivity contribution in [3.05, 3.63) is 83.2 Å². The SMILES string of the molecule is C/C=C(/C(=C/C#N)c1c(C)cccc1F)c1ccccc1. The quantitative estimate of drug-likeness (QED) is 0.562. The third kappa shape index (κ3) is 3.09. The topological polar surface area (TPSA) is 23.8 Å². The third-order valence-corrected chi connectivity index (χ3v) is 3.36. The second kappa shape index (κ2) is 6.67. The molecule has 2 heteroatoms. The van der Waals surface area contributed by atoms with Gasteiger partial charge in [-0.2, -0.15) is 5.26 Å². The average Bonchev–Trinajstić information content (AvgIpc) is 2.49. The molecule has 0 N–H and O–H groups in total. The first kappa shape index (κ1) is 14.7. The normalized spacial score (nSPS) is 12.1. The highest BCUT2D eigenvalue weighted by atomic mass is 19.1. The summed E-state index contributed by atoms with van der Waals surface area (Å²) in [5, 5.41) is 9.10. The van der Waals surface area contributed by atoms with Crippen molar-refractivity contribution in [2.24, 2.45) is 0 Å². The van der Waals surface area contributed by atoms with Crippen LogP contribution in [0.2, 0.25) is 0 Å². The molecular formula is C19H16FN. The minimum Gasteiger partial charge on any atom is -0.206 e. The first-order valence-electron chi connectivity index (χ1n) is 6.76. The number of nitriles is 1. The second-order valence-electron chi connectivity index (χ2n) is 4.69. The molecule has 0 saturated carbocycles. The van der Waals surface area contributed by atoms with Gasteiger partial charge < -0.3 is 0 Å². The summed E-state index contributed by atoms with van der Waals surface area (Å²) in [5.74, 6) is -0.313. The molecule has 2 aromatic carbocycles. The highest BCUT2D eigenvalue weighted by Crippen LogP contribution is 2.34. The van der Waals surface area contributed by atoms with Crippen molar-refractivity contribution in [1.82, 2.24) is 0 Å². The van der Waals surface area contributed by atoms with Gasteiger partial charge in [0, 0.05) is 17.2 Å². The van der Waals surface area contributed by atoms with E-state index in [2.05, 4.69) is 0 Å². The highest BCUT2D eigenvalue weighted by Gasteiger charge is 2.15. The molecule has 0 bridgehead atoms. The van der Waals surface area contributed by atoms with Crippen molar-refractivity contribution >= 4 is 11.1 Å². The van der Waals surface area contributed by atoms with E-state index in [1.165, 1.54) is 12.1 Å². The van der Waals surface area contributed by atoms with Crippen molar-refractivity contribution in [3.63, 3.8) is 0 Å². The molecule has 0 radical (unpaired) electrons. The molecule has 0 unspecified atom stereocenters. The molecule has 0 saturated heterocycles. The molecule has 1 nitrogen and oxygen atoms in total. The van der Waals surface area contributed by atoms with Crippen molar-refractivity contribution in [3.8, 4) is 6.07 Å². The van der Waals surface area contributed by atoms with Crippen LogP contribution in [0.1, 0.15) is 23.6 Å². The van der Waals surface area contributed by atoms with Crippen LogP contribution in [0.15, 0.2) is 60.7 Å². The Labute approximate surface area is 124 Å². The summed E-state index contributed by atoms with van der Waals surface area (Å²) in [6.45, 7) is 3.74. The Morgan fingerprint density at radius 2 is 1.76 bits per heavy atom. The maximum absolute atomic E-state index is 14.3. The van der Waals surface area contributed by atoms with E-state index < -0.39 is 0 Å². The molecule has 0 heterocycles. The Balaban J connectivity index is 2.66. The molecule has 104 valence electrons. The van der Waals surface area contributed by atoms with E-state index in [1.54, 1.807) is 6.07 Å². The van der Waals surface area contributed by atoms with Crippen LogP contribution in [0.25, 0.3) is 11.1 Å². The van der Waals surface area contributed by atoms with Gasteiger partial charge in [-0.1, -0.05) is 48.5 Å². The summed E-state index contributed by atoms with van der Waals surface area (Å²) in [6, 6.07) is 16.7. The lowest BCUT2D eigenvalue weighted by Gasteiger charge is -2.15. The van der Waals surface area contributed by atoms with Gasteiger partial charge in [-0.05, 0) is 36.6 Å². The van der Waals surface area contributed by atoms with Crippen LogP contribution in [0.5, 0.6) is 0 Å². The fraction of sp³-hybridized carbons (Fsp3) is 0.105. The summed E-state index contributed by atoms with van der Waals surface area (Å²) >= 11 is 0. The lowest BCUT2D eigenvalue weighted by molar-refractivity contribution is 0.623. The van der Waals surface area contributed by atoms with Gasteiger partial charge in [-0.25, -0.2) is 4.39 Å². The van der Waals surface area contributed by atoms with Gasteiger partial charge in [0.25, 0.3) is 0 Å². The molecule has 0 aliphatic carbocycles. The van der Waals surface area contributed by atoms with Crippen molar-refractivity contribution in [2.45, 2.75) is 13.8 Å². The number of hydrogen-bond acceptors (Lipinski definition) is 1. The zero-order valence-corrected chi connectivity index (χ0v) is 12.1. The van der Waals surface area contributed by atoms with Crippen molar-refractivity contribution < 1.29 is 4.39 Å². The Kier molecular flexibility index (Phi) is 4.68. The first-order chi connectivity index (χ1) is 10.2. The second-order valence-corrected chi connectivity index (χ2v) is 4.69. The smallest absolute Gasteiger partial charge is 0.131 e.